The summed E-state index contributed by atoms with van der Waals surface area (Å²) in [7, 11) is 0. The van der Waals surface area contributed by atoms with Gasteiger partial charge < -0.3 is 20.7 Å². The standard InChI is InChI=1S/C10H17N3O3S/c1-10(2)6-13(3-4-16-10)9(15)8(14)12-5-7(11)17/h3-6H2,1-2H3,(H2,11,17)(H,12,14). The molecule has 17 heavy (non-hydrogen) atoms. The van der Waals surface area contributed by atoms with Crippen LogP contribution in [0.1, 0.15) is 13.8 Å². The summed E-state index contributed by atoms with van der Waals surface area (Å²) < 4.78 is 5.46. The van der Waals surface area contributed by atoms with Crippen molar-refractivity contribution in [1.82, 2.24) is 10.2 Å². The van der Waals surface area contributed by atoms with Gasteiger partial charge in [0.2, 0.25) is 0 Å². The third-order valence-electron chi connectivity index (χ3n) is 2.33. The second-order valence-electron chi connectivity index (χ2n) is 4.48. The minimum Gasteiger partial charge on any atom is -0.392 e. The van der Waals surface area contributed by atoms with Crippen LogP contribution in [0.3, 0.4) is 0 Å². The fourth-order valence-electron chi connectivity index (χ4n) is 1.58. The predicted molar refractivity (Wildman–Crippen MR) is 66.4 cm³/mol. The molecule has 0 radical (unpaired) electrons. The maximum absolute atomic E-state index is 11.8. The molecule has 7 heteroatoms. The number of hydrogen-bond donors (Lipinski definition) is 2. The summed E-state index contributed by atoms with van der Waals surface area (Å²) in [5, 5.41) is 2.37. The Morgan fingerprint density at radius 1 is 1.53 bits per heavy atom. The molecule has 0 bridgehead atoms. The van der Waals surface area contributed by atoms with E-state index in [1.807, 2.05) is 13.8 Å². The molecule has 1 fully saturated rings. The molecule has 1 aliphatic rings. The number of rotatable bonds is 2. The molecule has 1 aliphatic heterocycles. The fraction of sp³-hybridized carbons (Fsp3) is 0.700. The van der Waals surface area contributed by atoms with E-state index >= 15 is 0 Å². The molecule has 1 rings (SSSR count). The van der Waals surface area contributed by atoms with Crippen molar-refractivity contribution in [2.24, 2.45) is 5.73 Å². The normalized spacial score (nSPS) is 18.6. The van der Waals surface area contributed by atoms with Crippen molar-refractivity contribution in [3.63, 3.8) is 0 Å². The van der Waals surface area contributed by atoms with Gasteiger partial charge in [0.25, 0.3) is 0 Å². The van der Waals surface area contributed by atoms with Gasteiger partial charge in [0, 0.05) is 13.1 Å². The highest BCUT2D eigenvalue weighted by Crippen LogP contribution is 2.16. The summed E-state index contributed by atoms with van der Waals surface area (Å²) in [5.74, 6) is -1.26. The molecular formula is C10H17N3O3S. The van der Waals surface area contributed by atoms with Gasteiger partial charge in [-0.15, -0.1) is 0 Å². The topological polar surface area (TPSA) is 84.7 Å². The number of carbonyl (C=O) groups excluding carboxylic acids is 2. The lowest BCUT2D eigenvalue weighted by Crippen LogP contribution is -2.54. The van der Waals surface area contributed by atoms with E-state index in [-0.39, 0.29) is 11.5 Å². The molecule has 0 aromatic heterocycles. The van der Waals surface area contributed by atoms with E-state index in [2.05, 4.69) is 17.5 Å². The van der Waals surface area contributed by atoms with Crippen molar-refractivity contribution in [3.8, 4) is 0 Å². The molecule has 6 nitrogen and oxygen atoms in total. The molecule has 96 valence electrons. The Kier molecular flexibility index (Phi) is 4.41. The third-order valence-corrected chi connectivity index (χ3v) is 2.47. The first-order chi connectivity index (χ1) is 7.82. The molecular weight excluding hydrogens is 242 g/mol. The van der Waals surface area contributed by atoms with Crippen LogP contribution in [0.2, 0.25) is 0 Å². The second-order valence-corrected chi connectivity index (χ2v) is 5.01. The lowest BCUT2D eigenvalue weighted by molar-refractivity contribution is -0.155. The number of morpholine rings is 1. The third kappa shape index (κ3) is 4.27. The Morgan fingerprint density at radius 3 is 2.71 bits per heavy atom. The van der Waals surface area contributed by atoms with Crippen LogP contribution in [0, 0.1) is 0 Å². The quantitative estimate of drug-likeness (QED) is 0.492. The molecule has 0 atom stereocenters. The number of hydrogen-bond acceptors (Lipinski definition) is 4. The Morgan fingerprint density at radius 2 is 2.18 bits per heavy atom. The molecule has 3 N–H and O–H groups in total. The zero-order chi connectivity index (χ0) is 13.1. The van der Waals surface area contributed by atoms with E-state index in [0.717, 1.165) is 0 Å². The van der Waals surface area contributed by atoms with Crippen LogP contribution in [0.5, 0.6) is 0 Å². The highest BCUT2D eigenvalue weighted by molar-refractivity contribution is 7.80. The van der Waals surface area contributed by atoms with Gasteiger partial charge in [0.15, 0.2) is 0 Å². The zero-order valence-corrected chi connectivity index (χ0v) is 10.8. The summed E-state index contributed by atoms with van der Waals surface area (Å²) in [6, 6.07) is 0. The van der Waals surface area contributed by atoms with Crippen LogP contribution >= 0.6 is 12.2 Å². The lowest BCUT2D eigenvalue weighted by Gasteiger charge is -2.37. The highest BCUT2D eigenvalue weighted by atomic mass is 32.1. The average Bonchev–Trinajstić information content (AvgIpc) is 2.23. The highest BCUT2D eigenvalue weighted by Gasteiger charge is 2.32. The van der Waals surface area contributed by atoms with E-state index in [4.69, 9.17) is 10.5 Å². The minimum absolute atomic E-state index is 0.0354. The first-order valence-electron chi connectivity index (χ1n) is 5.31. The summed E-state index contributed by atoms with van der Waals surface area (Å²) in [6.07, 6.45) is 0. The molecule has 0 aromatic rings. The van der Waals surface area contributed by atoms with Gasteiger partial charge in [0.05, 0.1) is 23.7 Å². The van der Waals surface area contributed by atoms with Gasteiger partial charge in [-0.2, -0.15) is 0 Å². The molecule has 0 aliphatic carbocycles. The number of nitrogens with one attached hydrogen (secondary N) is 1. The van der Waals surface area contributed by atoms with Crippen molar-refractivity contribution >= 4 is 29.0 Å². The molecule has 0 saturated carbocycles. The maximum atomic E-state index is 11.8. The smallest absolute Gasteiger partial charge is 0.312 e. The van der Waals surface area contributed by atoms with Gasteiger partial charge in [-0.3, -0.25) is 9.59 Å². The number of nitrogens with zero attached hydrogens (tertiary/aromatic N) is 1. The van der Waals surface area contributed by atoms with Crippen molar-refractivity contribution in [2.45, 2.75) is 19.4 Å². The van der Waals surface area contributed by atoms with Crippen LogP contribution in [0.25, 0.3) is 0 Å². The van der Waals surface area contributed by atoms with Crippen LogP contribution in [0.15, 0.2) is 0 Å². The summed E-state index contributed by atoms with van der Waals surface area (Å²) >= 11 is 4.61. The van der Waals surface area contributed by atoms with Crippen molar-refractivity contribution in [2.75, 3.05) is 26.2 Å². The largest absolute Gasteiger partial charge is 0.392 e. The summed E-state index contributed by atoms with van der Waals surface area (Å²) in [4.78, 5) is 24.9. The lowest BCUT2D eigenvalue weighted by atomic mass is 10.1. The summed E-state index contributed by atoms with van der Waals surface area (Å²) in [5.41, 5.74) is 4.81. The monoisotopic (exact) mass is 259 g/mol. The Bertz CT molecular complexity index is 344. The maximum Gasteiger partial charge on any atom is 0.312 e. The predicted octanol–water partition coefficient (Wildman–Crippen LogP) is -0.974. The van der Waals surface area contributed by atoms with E-state index in [9.17, 15) is 9.59 Å². The Balaban J connectivity index is 2.51. The first kappa shape index (κ1) is 13.9. The number of amides is 2. The first-order valence-corrected chi connectivity index (χ1v) is 5.72. The SMILES string of the molecule is CC1(C)CN(C(=O)C(=O)NCC(N)=S)CCO1. The van der Waals surface area contributed by atoms with Crippen LogP contribution in [-0.4, -0.2) is 53.5 Å². The number of thiocarbonyl (C=S) groups is 1. The minimum atomic E-state index is -0.685. The van der Waals surface area contributed by atoms with Gasteiger partial charge >= 0.3 is 11.8 Å². The second kappa shape index (κ2) is 5.42. The van der Waals surface area contributed by atoms with Crippen LogP contribution < -0.4 is 11.1 Å². The Labute approximate surface area is 105 Å². The molecule has 2 amide bonds. The van der Waals surface area contributed by atoms with Gasteiger partial charge in [-0.25, -0.2) is 0 Å². The molecule has 0 aromatic carbocycles. The fourth-order valence-corrected chi connectivity index (χ4v) is 1.65. The molecule has 1 heterocycles. The van der Waals surface area contributed by atoms with Gasteiger partial charge in [0.1, 0.15) is 0 Å². The van der Waals surface area contributed by atoms with Gasteiger partial charge in [-0.05, 0) is 13.8 Å². The van der Waals surface area contributed by atoms with Crippen molar-refractivity contribution < 1.29 is 14.3 Å². The molecule has 1 saturated heterocycles. The van der Waals surface area contributed by atoms with E-state index in [0.29, 0.717) is 19.7 Å². The van der Waals surface area contributed by atoms with E-state index in [1.165, 1.54) is 4.90 Å². The molecule has 0 unspecified atom stereocenters. The summed E-state index contributed by atoms with van der Waals surface area (Å²) in [6.45, 7) is 5.03. The number of ether oxygens (including phenoxy) is 1. The van der Waals surface area contributed by atoms with Crippen molar-refractivity contribution in [3.05, 3.63) is 0 Å². The Hall–Kier alpha value is -1.21. The van der Waals surface area contributed by atoms with Gasteiger partial charge in [-0.1, -0.05) is 12.2 Å². The number of carbonyl (C=O) groups is 2. The average molecular weight is 259 g/mol. The number of nitrogens with two attached hydrogens (primary N) is 1. The zero-order valence-electron chi connectivity index (χ0n) is 9.99. The van der Waals surface area contributed by atoms with E-state index in [1.54, 1.807) is 0 Å². The molecule has 0 spiro atoms. The van der Waals surface area contributed by atoms with E-state index < -0.39 is 17.4 Å². The van der Waals surface area contributed by atoms with Crippen molar-refractivity contribution in [1.29, 1.82) is 0 Å². The van der Waals surface area contributed by atoms with Crippen LogP contribution in [-0.2, 0) is 14.3 Å². The van der Waals surface area contributed by atoms with Crippen LogP contribution in [0.4, 0.5) is 0 Å².